The molecule has 0 aliphatic carbocycles. The lowest BCUT2D eigenvalue weighted by Crippen LogP contribution is -2.42. The van der Waals surface area contributed by atoms with Crippen LogP contribution in [0.4, 0.5) is 5.82 Å². The molecule has 4 heteroatoms. The molecule has 2 heterocycles. The van der Waals surface area contributed by atoms with Crippen molar-refractivity contribution in [2.75, 3.05) is 31.6 Å². The van der Waals surface area contributed by atoms with Crippen LogP contribution in [0.25, 0.3) is 0 Å². The molecule has 0 amide bonds. The maximum atomic E-state index is 5.14. The van der Waals surface area contributed by atoms with Crippen LogP contribution < -0.4 is 15.0 Å². The fourth-order valence-corrected chi connectivity index (χ4v) is 2.80. The van der Waals surface area contributed by atoms with E-state index in [9.17, 15) is 0 Å². The third-order valence-corrected chi connectivity index (χ3v) is 4.05. The summed E-state index contributed by atoms with van der Waals surface area (Å²) in [6.45, 7) is 7.73. The number of pyridine rings is 1. The first kappa shape index (κ1) is 14.1. The van der Waals surface area contributed by atoms with Gasteiger partial charge in [0.05, 0.1) is 13.3 Å². The van der Waals surface area contributed by atoms with Crippen molar-refractivity contribution in [3.05, 3.63) is 18.3 Å². The maximum Gasteiger partial charge on any atom is 0.137 e. The maximum absolute atomic E-state index is 5.14. The van der Waals surface area contributed by atoms with E-state index >= 15 is 0 Å². The van der Waals surface area contributed by atoms with E-state index in [-0.39, 0.29) is 0 Å². The number of ether oxygens (including phenoxy) is 1. The fourth-order valence-electron chi connectivity index (χ4n) is 2.80. The summed E-state index contributed by atoms with van der Waals surface area (Å²) in [6, 6.07) is 4.65. The van der Waals surface area contributed by atoms with Crippen LogP contribution in [0.15, 0.2) is 18.3 Å². The van der Waals surface area contributed by atoms with Gasteiger partial charge in [0.1, 0.15) is 11.6 Å². The second kappa shape index (κ2) is 6.75. The molecule has 1 aliphatic rings. The highest BCUT2D eigenvalue weighted by Crippen LogP contribution is 2.24. The van der Waals surface area contributed by atoms with Crippen molar-refractivity contribution in [2.24, 2.45) is 5.92 Å². The van der Waals surface area contributed by atoms with Crippen LogP contribution in [-0.2, 0) is 0 Å². The van der Waals surface area contributed by atoms with Gasteiger partial charge in [-0.15, -0.1) is 0 Å². The van der Waals surface area contributed by atoms with E-state index in [1.807, 2.05) is 12.1 Å². The molecular formula is C15H25N3O. The Bertz CT molecular complexity index is 371. The second-order valence-corrected chi connectivity index (χ2v) is 5.23. The summed E-state index contributed by atoms with van der Waals surface area (Å²) in [5, 5.41) is 3.53. The molecule has 2 rings (SSSR count). The first-order valence-corrected chi connectivity index (χ1v) is 7.23. The lowest BCUT2D eigenvalue weighted by molar-refractivity contribution is 0.314. The van der Waals surface area contributed by atoms with Crippen molar-refractivity contribution >= 4 is 5.82 Å². The Hall–Kier alpha value is -1.29. The Morgan fingerprint density at radius 2 is 2.16 bits per heavy atom. The molecule has 1 aliphatic heterocycles. The molecule has 1 fully saturated rings. The van der Waals surface area contributed by atoms with E-state index in [1.54, 1.807) is 13.3 Å². The topological polar surface area (TPSA) is 37.4 Å². The molecule has 0 aromatic carbocycles. The van der Waals surface area contributed by atoms with Gasteiger partial charge in [0, 0.05) is 19.1 Å². The van der Waals surface area contributed by atoms with Gasteiger partial charge >= 0.3 is 0 Å². The average Bonchev–Trinajstić information content (AvgIpc) is 2.48. The van der Waals surface area contributed by atoms with Gasteiger partial charge in [-0.2, -0.15) is 0 Å². The Morgan fingerprint density at radius 3 is 2.68 bits per heavy atom. The van der Waals surface area contributed by atoms with Gasteiger partial charge in [0.25, 0.3) is 0 Å². The predicted molar refractivity (Wildman–Crippen MR) is 78.9 cm³/mol. The summed E-state index contributed by atoms with van der Waals surface area (Å²) in [5.74, 6) is 2.67. The first-order valence-electron chi connectivity index (χ1n) is 7.23. The minimum atomic E-state index is 0.621. The summed E-state index contributed by atoms with van der Waals surface area (Å²) < 4.78 is 5.14. The lowest BCUT2D eigenvalue weighted by Gasteiger charge is -2.35. The van der Waals surface area contributed by atoms with E-state index < -0.39 is 0 Å². The van der Waals surface area contributed by atoms with Crippen LogP contribution in [0.2, 0.25) is 0 Å². The Labute approximate surface area is 116 Å². The van der Waals surface area contributed by atoms with Gasteiger partial charge in [0.2, 0.25) is 0 Å². The van der Waals surface area contributed by atoms with E-state index in [2.05, 4.69) is 29.0 Å². The summed E-state index contributed by atoms with van der Waals surface area (Å²) in [6.07, 6.45) is 4.27. The molecule has 0 saturated carbocycles. The number of hydrogen-bond donors (Lipinski definition) is 1. The molecule has 1 N–H and O–H groups in total. The molecule has 1 unspecified atom stereocenters. The average molecular weight is 263 g/mol. The highest BCUT2D eigenvalue weighted by atomic mass is 16.5. The molecule has 0 spiro atoms. The third kappa shape index (κ3) is 3.60. The number of nitrogens with one attached hydrogen (secondary N) is 1. The number of aromatic nitrogens is 1. The largest absolute Gasteiger partial charge is 0.495 e. The predicted octanol–water partition coefficient (Wildman–Crippen LogP) is 2.30. The fraction of sp³-hybridized carbons (Fsp3) is 0.667. The summed E-state index contributed by atoms with van der Waals surface area (Å²) in [7, 11) is 1.67. The molecule has 1 aromatic heterocycles. The van der Waals surface area contributed by atoms with Crippen molar-refractivity contribution < 1.29 is 4.74 Å². The van der Waals surface area contributed by atoms with Gasteiger partial charge in [-0.3, -0.25) is 0 Å². The number of piperidine rings is 1. The second-order valence-electron chi connectivity index (χ2n) is 5.23. The molecule has 4 nitrogen and oxygen atoms in total. The minimum absolute atomic E-state index is 0.621. The molecule has 106 valence electrons. The SMILES string of the molecule is CCNC(C)C1CCN(c2ccc(OC)cn2)CC1. The van der Waals surface area contributed by atoms with Crippen molar-refractivity contribution in [1.82, 2.24) is 10.3 Å². The summed E-state index contributed by atoms with van der Waals surface area (Å²) in [4.78, 5) is 6.83. The van der Waals surface area contributed by atoms with E-state index in [1.165, 1.54) is 12.8 Å². The third-order valence-electron chi connectivity index (χ3n) is 4.05. The van der Waals surface area contributed by atoms with Crippen molar-refractivity contribution in [3.8, 4) is 5.75 Å². The number of methoxy groups -OCH3 is 1. The van der Waals surface area contributed by atoms with Crippen LogP contribution in [0.1, 0.15) is 26.7 Å². The zero-order chi connectivity index (χ0) is 13.7. The molecule has 1 saturated heterocycles. The smallest absolute Gasteiger partial charge is 0.137 e. The Kier molecular flexibility index (Phi) is 5.02. The number of anilines is 1. The Balaban J connectivity index is 1.88. The van der Waals surface area contributed by atoms with E-state index in [0.29, 0.717) is 6.04 Å². The molecule has 0 radical (unpaired) electrons. The van der Waals surface area contributed by atoms with Crippen LogP contribution >= 0.6 is 0 Å². The van der Waals surface area contributed by atoms with Gasteiger partial charge < -0.3 is 15.0 Å². The zero-order valence-electron chi connectivity index (χ0n) is 12.2. The van der Waals surface area contributed by atoms with Gasteiger partial charge in [0.15, 0.2) is 0 Å². The number of rotatable bonds is 5. The standard InChI is InChI=1S/C15H25N3O/c1-4-16-12(2)13-7-9-18(10-8-13)15-6-5-14(19-3)11-17-15/h5-6,11-13,16H,4,7-10H2,1-3H3. The molecule has 19 heavy (non-hydrogen) atoms. The summed E-state index contributed by atoms with van der Waals surface area (Å²) >= 11 is 0. The Morgan fingerprint density at radius 1 is 1.42 bits per heavy atom. The monoisotopic (exact) mass is 263 g/mol. The minimum Gasteiger partial charge on any atom is -0.495 e. The number of hydrogen-bond acceptors (Lipinski definition) is 4. The van der Waals surface area contributed by atoms with E-state index in [0.717, 1.165) is 37.1 Å². The molecule has 0 bridgehead atoms. The van der Waals surface area contributed by atoms with Crippen molar-refractivity contribution in [1.29, 1.82) is 0 Å². The van der Waals surface area contributed by atoms with Gasteiger partial charge in [-0.05, 0) is 44.4 Å². The molecule has 1 aromatic rings. The normalized spacial score (nSPS) is 18.4. The van der Waals surface area contributed by atoms with Crippen molar-refractivity contribution in [3.63, 3.8) is 0 Å². The molecule has 1 atom stereocenters. The van der Waals surface area contributed by atoms with E-state index in [4.69, 9.17) is 4.74 Å². The van der Waals surface area contributed by atoms with Crippen LogP contribution in [-0.4, -0.2) is 37.8 Å². The lowest BCUT2D eigenvalue weighted by atomic mass is 9.90. The van der Waals surface area contributed by atoms with Gasteiger partial charge in [-0.1, -0.05) is 6.92 Å². The highest BCUT2D eigenvalue weighted by molar-refractivity contribution is 5.41. The van der Waals surface area contributed by atoms with Crippen molar-refractivity contribution in [2.45, 2.75) is 32.7 Å². The van der Waals surface area contributed by atoms with Crippen LogP contribution in [0, 0.1) is 5.92 Å². The number of nitrogens with zero attached hydrogens (tertiary/aromatic N) is 2. The van der Waals surface area contributed by atoms with Gasteiger partial charge in [-0.25, -0.2) is 4.98 Å². The highest BCUT2D eigenvalue weighted by Gasteiger charge is 2.23. The summed E-state index contributed by atoms with van der Waals surface area (Å²) in [5.41, 5.74) is 0. The molecular weight excluding hydrogens is 238 g/mol. The first-order chi connectivity index (χ1) is 9.24. The van der Waals surface area contributed by atoms with Crippen LogP contribution in [0.3, 0.4) is 0 Å². The quantitative estimate of drug-likeness (QED) is 0.884. The zero-order valence-corrected chi connectivity index (χ0v) is 12.2. The van der Waals surface area contributed by atoms with Crippen LogP contribution in [0.5, 0.6) is 5.75 Å².